The van der Waals surface area contributed by atoms with Crippen molar-refractivity contribution >= 4 is 44.9 Å². The van der Waals surface area contributed by atoms with Gasteiger partial charge in [0.1, 0.15) is 0 Å². The third-order valence-electron chi connectivity index (χ3n) is 3.34. The van der Waals surface area contributed by atoms with Gasteiger partial charge in [0.25, 0.3) is 0 Å². The monoisotopic (exact) mass is 408 g/mol. The Morgan fingerprint density at radius 1 is 1.10 bits per heavy atom. The van der Waals surface area contributed by atoms with E-state index >= 15 is 0 Å². The van der Waals surface area contributed by atoms with Gasteiger partial charge in [0.05, 0.1) is 0 Å². The van der Waals surface area contributed by atoms with E-state index < -0.39 is 18.4 Å². The van der Waals surface area contributed by atoms with Crippen LogP contribution in [0, 0.1) is 0 Å². The summed E-state index contributed by atoms with van der Waals surface area (Å²) in [7, 11) is 0. The molecule has 0 saturated carbocycles. The molecule has 0 unspecified atom stereocenters. The number of aromatic nitrogens is 4. The molecule has 6 heteroatoms. The second-order valence-electron chi connectivity index (χ2n) is 6.12. The predicted molar refractivity (Wildman–Crippen MR) is 88.9 cm³/mol. The van der Waals surface area contributed by atoms with E-state index in [1.165, 1.54) is 5.56 Å². The second-order valence-corrected chi connectivity index (χ2v) is 20.7. The van der Waals surface area contributed by atoms with Crippen LogP contribution in [0.25, 0.3) is 11.2 Å². The SMILES string of the molecule is [CH3][Sn]([CH3])([CH3])[c]1nc(Cl)nc2c1ncn2Cc1ccccc1. The number of hydrogen-bond donors (Lipinski definition) is 0. The average Bonchev–Trinajstić information content (AvgIpc) is 2.81. The van der Waals surface area contributed by atoms with Gasteiger partial charge in [-0.3, -0.25) is 0 Å². The fraction of sp³-hybridized carbons (Fsp3) is 0.267. The maximum absolute atomic E-state index is 6.13. The van der Waals surface area contributed by atoms with E-state index in [1.807, 2.05) is 29.1 Å². The maximum atomic E-state index is 6.13. The Hall–Kier alpha value is -1.14. The third kappa shape index (κ3) is 3.06. The van der Waals surface area contributed by atoms with Crippen LogP contribution in [-0.4, -0.2) is 37.9 Å². The van der Waals surface area contributed by atoms with Crippen LogP contribution in [0.15, 0.2) is 36.7 Å². The van der Waals surface area contributed by atoms with Crippen LogP contribution >= 0.6 is 11.6 Å². The van der Waals surface area contributed by atoms with Crippen LogP contribution < -0.4 is 3.71 Å². The Morgan fingerprint density at radius 2 is 1.81 bits per heavy atom. The molecule has 108 valence electrons. The number of imidazole rings is 1. The first-order chi connectivity index (χ1) is 9.95. The van der Waals surface area contributed by atoms with E-state index in [0.29, 0.717) is 5.28 Å². The molecule has 2 heterocycles. The minimum atomic E-state index is -2.38. The Kier molecular flexibility index (Phi) is 3.92. The summed E-state index contributed by atoms with van der Waals surface area (Å²) in [4.78, 5) is 20.3. The van der Waals surface area contributed by atoms with Crippen molar-refractivity contribution in [2.45, 2.75) is 21.4 Å². The molecule has 0 N–H and O–H groups in total. The molecule has 0 bridgehead atoms. The topological polar surface area (TPSA) is 43.6 Å². The summed E-state index contributed by atoms with van der Waals surface area (Å²) in [6.45, 7) is 0.740. The van der Waals surface area contributed by atoms with Gasteiger partial charge < -0.3 is 0 Å². The first-order valence-electron chi connectivity index (χ1n) is 6.88. The fourth-order valence-electron chi connectivity index (χ4n) is 2.34. The van der Waals surface area contributed by atoms with E-state index in [-0.39, 0.29) is 0 Å². The molecule has 0 amide bonds. The van der Waals surface area contributed by atoms with Gasteiger partial charge in [-0.25, -0.2) is 0 Å². The Labute approximate surface area is 133 Å². The molecule has 0 aliphatic rings. The number of rotatable bonds is 3. The first kappa shape index (κ1) is 14.8. The Morgan fingerprint density at radius 3 is 2.48 bits per heavy atom. The first-order valence-corrected chi connectivity index (χ1v) is 17.2. The van der Waals surface area contributed by atoms with Gasteiger partial charge in [-0.05, 0) is 0 Å². The van der Waals surface area contributed by atoms with E-state index in [2.05, 4.69) is 41.9 Å². The summed E-state index contributed by atoms with van der Waals surface area (Å²) in [5.41, 5.74) is 2.96. The van der Waals surface area contributed by atoms with Crippen LogP contribution in [0.1, 0.15) is 5.56 Å². The summed E-state index contributed by atoms with van der Waals surface area (Å²) in [6.07, 6.45) is 1.84. The molecule has 2 aromatic heterocycles. The van der Waals surface area contributed by atoms with Gasteiger partial charge in [-0.2, -0.15) is 0 Å². The van der Waals surface area contributed by atoms with Crippen LogP contribution in [0.5, 0.6) is 0 Å². The van der Waals surface area contributed by atoms with Gasteiger partial charge in [0.15, 0.2) is 0 Å². The van der Waals surface area contributed by atoms with Crippen molar-refractivity contribution in [1.29, 1.82) is 0 Å². The van der Waals surface area contributed by atoms with E-state index in [4.69, 9.17) is 11.6 Å². The van der Waals surface area contributed by atoms with Gasteiger partial charge in [0, 0.05) is 0 Å². The summed E-state index contributed by atoms with van der Waals surface area (Å²) in [6, 6.07) is 10.3. The fourth-order valence-corrected chi connectivity index (χ4v) is 6.49. The normalized spacial score (nSPS) is 12.0. The quantitative estimate of drug-likeness (QED) is 0.495. The minimum absolute atomic E-state index is 0.318. The van der Waals surface area contributed by atoms with Crippen molar-refractivity contribution in [3.63, 3.8) is 0 Å². The van der Waals surface area contributed by atoms with Crippen LogP contribution in [-0.2, 0) is 6.54 Å². The van der Waals surface area contributed by atoms with E-state index in [9.17, 15) is 0 Å². The van der Waals surface area contributed by atoms with Crippen molar-refractivity contribution < 1.29 is 0 Å². The summed E-state index contributed by atoms with van der Waals surface area (Å²) in [5, 5.41) is 0.318. The molecule has 4 nitrogen and oxygen atoms in total. The molecule has 21 heavy (non-hydrogen) atoms. The zero-order valence-electron chi connectivity index (χ0n) is 12.3. The zero-order valence-corrected chi connectivity index (χ0v) is 15.9. The van der Waals surface area contributed by atoms with Crippen LogP contribution in [0.4, 0.5) is 0 Å². The average molecular weight is 407 g/mol. The van der Waals surface area contributed by atoms with Gasteiger partial charge in [0.2, 0.25) is 0 Å². The van der Waals surface area contributed by atoms with Gasteiger partial charge in [-0.15, -0.1) is 0 Å². The summed E-state index contributed by atoms with van der Waals surface area (Å²) in [5.74, 6) is 0. The third-order valence-corrected chi connectivity index (χ3v) is 8.56. The molecule has 3 aromatic rings. The van der Waals surface area contributed by atoms with Crippen LogP contribution in [0.2, 0.25) is 20.1 Å². The molecule has 0 radical (unpaired) electrons. The standard InChI is InChI=1S/C12H8ClN4.3CH3.Sn/c13-12-14-6-10-11(16-12)17(8-15-10)7-9-4-2-1-3-5-9;;;;/h1-5,8H,7H2;3*1H3;. The molecule has 0 spiro atoms. The predicted octanol–water partition coefficient (Wildman–Crippen LogP) is 3.07. The number of halogens is 1. The van der Waals surface area contributed by atoms with Gasteiger partial charge >= 0.3 is 133 Å². The summed E-state index contributed by atoms with van der Waals surface area (Å²) >= 11 is 3.75. The molecule has 0 aliphatic heterocycles. The Bertz CT molecular complexity index is 777. The van der Waals surface area contributed by atoms with E-state index in [0.717, 1.165) is 21.4 Å². The number of hydrogen-bond acceptors (Lipinski definition) is 3. The van der Waals surface area contributed by atoms with Crippen molar-refractivity contribution in [2.24, 2.45) is 0 Å². The van der Waals surface area contributed by atoms with Crippen molar-refractivity contribution in [3.05, 3.63) is 47.5 Å². The molecule has 0 fully saturated rings. The van der Waals surface area contributed by atoms with Crippen molar-refractivity contribution in [3.8, 4) is 0 Å². The molecular formula is C15H17ClN4Sn. The van der Waals surface area contributed by atoms with E-state index in [1.54, 1.807) is 0 Å². The molecular weight excluding hydrogens is 390 g/mol. The van der Waals surface area contributed by atoms with Crippen LogP contribution in [0.3, 0.4) is 0 Å². The molecule has 0 saturated heterocycles. The molecule has 1 aromatic carbocycles. The Balaban J connectivity index is 2.12. The number of fused-ring (bicyclic) bond motifs is 1. The number of nitrogens with zero attached hydrogens (tertiary/aromatic N) is 4. The zero-order chi connectivity index (χ0) is 15.0. The summed E-state index contributed by atoms with van der Waals surface area (Å²) < 4.78 is 3.13. The van der Waals surface area contributed by atoms with Crippen molar-refractivity contribution in [1.82, 2.24) is 19.5 Å². The van der Waals surface area contributed by atoms with Gasteiger partial charge in [-0.1, -0.05) is 0 Å². The van der Waals surface area contributed by atoms with Crippen molar-refractivity contribution in [2.75, 3.05) is 0 Å². The number of benzene rings is 1. The molecule has 0 aliphatic carbocycles. The second kappa shape index (κ2) is 5.57. The molecule has 0 atom stereocenters. The molecule has 3 rings (SSSR count).